The minimum absolute atomic E-state index is 0.627. The van der Waals surface area contributed by atoms with Crippen LogP contribution in [0.1, 0.15) is 0 Å². The number of nitrogens with zero attached hydrogens (tertiary/aromatic N) is 5. The topological polar surface area (TPSA) is 64.5 Å². The van der Waals surface area contributed by atoms with Gasteiger partial charge in [-0.15, -0.1) is 0 Å². The van der Waals surface area contributed by atoms with Gasteiger partial charge >= 0.3 is 0 Å². The van der Waals surface area contributed by atoms with Gasteiger partial charge in [-0.25, -0.2) is 15.0 Å². The van der Waals surface area contributed by atoms with Crippen LogP contribution in [-0.2, 0) is 0 Å². The Labute approximate surface area is 254 Å². The number of fused-ring (bicyclic) bond motifs is 3. The molecule has 206 valence electrons. The molecule has 4 aromatic heterocycles. The maximum atomic E-state index is 5.19. The summed E-state index contributed by atoms with van der Waals surface area (Å²) < 4.78 is 0. The van der Waals surface area contributed by atoms with Crippen LogP contribution in [-0.4, -0.2) is 24.9 Å². The zero-order chi connectivity index (χ0) is 29.3. The van der Waals surface area contributed by atoms with Gasteiger partial charge in [0.25, 0.3) is 0 Å². The molecule has 8 rings (SSSR count). The van der Waals surface area contributed by atoms with Crippen molar-refractivity contribution < 1.29 is 0 Å². The fraction of sp³-hybridized carbons (Fsp3) is 0. The Kier molecular flexibility index (Phi) is 6.39. The fourth-order valence-electron chi connectivity index (χ4n) is 5.72. The molecule has 8 aromatic rings. The van der Waals surface area contributed by atoms with E-state index >= 15 is 0 Å². The third kappa shape index (κ3) is 4.76. The predicted molar refractivity (Wildman–Crippen MR) is 178 cm³/mol. The fourth-order valence-corrected chi connectivity index (χ4v) is 5.72. The van der Waals surface area contributed by atoms with Crippen molar-refractivity contribution in [3.8, 4) is 56.3 Å². The van der Waals surface area contributed by atoms with E-state index in [1.807, 2.05) is 54.9 Å². The number of hydrogen-bond donors (Lipinski definition) is 0. The summed E-state index contributed by atoms with van der Waals surface area (Å²) in [5, 5.41) is 3.55. The molecule has 4 heterocycles. The number of benzene rings is 4. The van der Waals surface area contributed by atoms with Crippen LogP contribution in [0.25, 0.3) is 78.0 Å². The van der Waals surface area contributed by atoms with E-state index in [1.54, 1.807) is 12.4 Å². The van der Waals surface area contributed by atoms with Crippen LogP contribution in [0, 0.1) is 0 Å². The van der Waals surface area contributed by atoms with Crippen molar-refractivity contribution in [2.45, 2.75) is 0 Å². The zero-order valence-corrected chi connectivity index (χ0v) is 23.7. The summed E-state index contributed by atoms with van der Waals surface area (Å²) in [7, 11) is 0. The van der Waals surface area contributed by atoms with Gasteiger partial charge in [0.15, 0.2) is 5.82 Å². The molecule has 0 aliphatic rings. The van der Waals surface area contributed by atoms with Gasteiger partial charge in [0.1, 0.15) is 0 Å². The summed E-state index contributed by atoms with van der Waals surface area (Å²) >= 11 is 0. The van der Waals surface area contributed by atoms with Crippen molar-refractivity contribution in [1.29, 1.82) is 0 Å². The quantitative estimate of drug-likeness (QED) is 0.195. The van der Waals surface area contributed by atoms with Crippen LogP contribution in [0.4, 0.5) is 0 Å². The van der Waals surface area contributed by atoms with Crippen molar-refractivity contribution in [1.82, 2.24) is 24.9 Å². The highest BCUT2D eigenvalue weighted by Gasteiger charge is 2.15. The van der Waals surface area contributed by atoms with Gasteiger partial charge in [-0.3, -0.25) is 9.97 Å². The summed E-state index contributed by atoms with van der Waals surface area (Å²) in [5.41, 5.74) is 9.51. The minimum atomic E-state index is 0.627. The van der Waals surface area contributed by atoms with Crippen LogP contribution in [0.5, 0.6) is 0 Å². The standard InChI is InChI=1S/C39H25N5/c1-2-9-26(10-3-1)33-22-35(42-34-18-17-27-11-4-5-16-32(27)38(33)34)28-12-6-13-29(21-28)39-43-36(30-14-7-19-40-24-30)23-37(44-39)31-15-8-20-41-25-31/h1-25H. The molecule has 0 saturated heterocycles. The molecule has 0 amide bonds. The molecule has 0 bridgehead atoms. The molecule has 0 atom stereocenters. The molecule has 0 spiro atoms. The average molecular weight is 564 g/mol. The number of rotatable bonds is 5. The Bertz CT molecular complexity index is 2210. The van der Waals surface area contributed by atoms with E-state index in [2.05, 4.69) is 94.9 Å². The molecular weight excluding hydrogens is 538 g/mol. The third-order valence-corrected chi connectivity index (χ3v) is 7.84. The van der Waals surface area contributed by atoms with Crippen molar-refractivity contribution >= 4 is 21.7 Å². The highest BCUT2D eigenvalue weighted by Crippen LogP contribution is 2.37. The maximum absolute atomic E-state index is 5.19. The summed E-state index contributed by atoms with van der Waals surface area (Å²) in [6, 6.07) is 43.7. The van der Waals surface area contributed by atoms with Gasteiger partial charge < -0.3 is 0 Å². The Morgan fingerprint density at radius 2 is 1.05 bits per heavy atom. The first-order valence-corrected chi connectivity index (χ1v) is 14.5. The zero-order valence-electron chi connectivity index (χ0n) is 23.7. The number of hydrogen-bond acceptors (Lipinski definition) is 5. The first-order valence-electron chi connectivity index (χ1n) is 14.5. The molecule has 0 saturated carbocycles. The normalized spacial score (nSPS) is 11.2. The van der Waals surface area contributed by atoms with Crippen LogP contribution < -0.4 is 0 Å². The highest BCUT2D eigenvalue weighted by molar-refractivity contribution is 6.13. The molecule has 0 aliphatic carbocycles. The van der Waals surface area contributed by atoms with Gasteiger partial charge in [0.2, 0.25) is 0 Å². The molecule has 0 N–H and O–H groups in total. The Balaban J connectivity index is 1.31. The van der Waals surface area contributed by atoms with Crippen LogP contribution in [0.3, 0.4) is 0 Å². The Morgan fingerprint density at radius 3 is 1.77 bits per heavy atom. The van der Waals surface area contributed by atoms with Crippen LogP contribution >= 0.6 is 0 Å². The van der Waals surface area contributed by atoms with Gasteiger partial charge in [-0.05, 0) is 70.4 Å². The largest absolute Gasteiger partial charge is 0.264 e. The first-order chi connectivity index (χ1) is 21.8. The van der Waals surface area contributed by atoms with Crippen molar-refractivity contribution in [3.05, 3.63) is 152 Å². The second kappa shape index (κ2) is 11.0. The van der Waals surface area contributed by atoms with Crippen molar-refractivity contribution in [3.63, 3.8) is 0 Å². The molecule has 0 aliphatic heterocycles. The lowest BCUT2D eigenvalue weighted by Crippen LogP contribution is -1.97. The van der Waals surface area contributed by atoms with Crippen molar-refractivity contribution in [2.24, 2.45) is 0 Å². The van der Waals surface area contributed by atoms with Gasteiger partial charge in [0.05, 0.1) is 22.6 Å². The summed E-state index contributed by atoms with van der Waals surface area (Å²) in [4.78, 5) is 23.8. The van der Waals surface area contributed by atoms with Gasteiger partial charge in [-0.1, -0.05) is 78.9 Å². The summed E-state index contributed by atoms with van der Waals surface area (Å²) in [5.74, 6) is 0.627. The van der Waals surface area contributed by atoms with E-state index in [0.29, 0.717) is 5.82 Å². The lowest BCUT2D eigenvalue weighted by Gasteiger charge is -2.14. The Hall–Kier alpha value is -6.07. The molecule has 0 radical (unpaired) electrons. The maximum Gasteiger partial charge on any atom is 0.160 e. The second-order valence-corrected chi connectivity index (χ2v) is 10.6. The lowest BCUT2D eigenvalue weighted by atomic mass is 9.94. The molecule has 4 aromatic carbocycles. The van der Waals surface area contributed by atoms with E-state index in [0.717, 1.165) is 61.4 Å². The predicted octanol–water partition coefficient (Wildman–Crippen LogP) is 9.30. The van der Waals surface area contributed by atoms with E-state index in [-0.39, 0.29) is 0 Å². The monoisotopic (exact) mass is 563 g/mol. The Morgan fingerprint density at radius 1 is 0.409 bits per heavy atom. The summed E-state index contributed by atoms with van der Waals surface area (Å²) in [6.07, 6.45) is 7.17. The molecule has 5 nitrogen and oxygen atoms in total. The number of aromatic nitrogens is 5. The first kappa shape index (κ1) is 25.6. The third-order valence-electron chi connectivity index (χ3n) is 7.84. The molecule has 44 heavy (non-hydrogen) atoms. The second-order valence-electron chi connectivity index (χ2n) is 10.6. The van der Waals surface area contributed by atoms with E-state index in [1.165, 1.54) is 10.8 Å². The molecule has 0 fully saturated rings. The van der Waals surface area contributed by atoms with Crippen LogP contribution in [0.2, 0.25) is 0 Å². The smallest absolute Gasteiger partial charge is 0.160 e. The molecular formula is C39H25N5. The number of pyridine rings is 3. The van der Waals surface area contributed by atoms with E-state index < -0.39 is 0 Å². The van der Waals surface area contributed by atoms with Crippen molar-refractivity contribution in [2.75, 3.05) is 0 Å². The van der Waals surface area contributed by atoms with E-state index in [4.69, 9.17) is 15.0 Å². The van der Waals surface area contributed by atoms with E-state index in [9.17, 15) is 0 Å². The minimum Gasteiger partial charge on any atom is -0.264 e. The SMILES string of the molecule is c1ccc(-c2cc(-c3cccc(-c4nc(-c5cccnc5)cc(-c5cccnc5)n4)c3)nc3ccc4ccccc4c23)cc1. The van der Waals surface area contributed by atoms with Crippen LogP contribution in [0.15, 0.2) is 152 Å². The highest BCUT2D eigenvalue weighted by atomic mass is 14.9. The average Bonchev–Trinajstić information content (AvgIpc) is 3.12. The van der Waals surface area contributed by atoms with Gasteiger partial charge in [-0.2, -0.15) is 0 Å². The lowest BCUT2D eigenvalue weighted by molar-refractivity contribution is 1.17. The molecule has 0 unspecified atom stereocenters. The van der Waals surface area contributed by atoms with Gasteiger partial charge in [0, 0.05) is 52.4 Å². The molecule has 5 heteroatoms. The summed E-state index contributed by atoms with van der Waals surface area (Å²) in [6.45, 7) is 0.